The zero-order chi connectivity index (χ0) is 25.3. The number of nitrogens with zero attached hydrogens (tertiary/aromatic N) is 3. The molecular formula is C27H30N4O4. The number of Topliss-reactive ketones (excluding diaryl/α,β-unsaturated/α-hetero) is 1. The van der Waals surface area contributed by atoms with E-state index in [1.165, 1.54) is 4.90 Å². The molecule has 8 heteroatoms. The van der Waals surface area contributed by atoms with Crippen LogP contribution in [0, 0.1) is 6.92 Å². The summed E-state index contributed by atoms with van der Waals surface area (Å²) in [6.45, 7) is 10.1. The van der Waals surface area contributed by atoms with Crippen molar-refractivity contribution in [2.24, 2.45) is 0 Å². The number of ether oxygens (including phenoxy) is 1. The number of hydrogen-bond donors (Lipinski definition) is 2. The Bertz CT molecular complexity index is 1220. The Labute approximate surface area is 205 Å². The van der Waals surface area contributed by atoms with Crippen LogP contribution < -0.4 is 10.2 Å². The van der Waals surface area contributed by atoms with Gasteiger partial charge in [-0.15, -0.1) is 5.10 Å². The molecule has 1 amide bonds. The molecule has 8 nitrogen and oxygen atoms in total. The molecule has 2 N–H and O–H groups in total. The summed E-state index contributed by atoms with van der Waals surface area (Å²) in [4.78, 5) is 28.2. The quantitative estimate of drug-likeness (QED) is 0.582. The maximum atomic E-state index is 13.7. The first-order valence-corrected chi connectivity index (χ1v) is 11.7. The second kappa shape index (κ2) is 9.74. The molecule has 1 atom stereocenters. The molecule has 35 heavy (non-hydrogen) atoms. The third-order valence-electron chi connectivity index (χ3n) is 5.95. The highest BCUT2D eigenvalue weighted by Gasteiger charge is 2.46. The van der Waals surface area contributed by atoms with Gasteiger partial charge in [0, 0.05) is 12.1 Å². The molecule has 2 aliphatic rings. The molecule has 1 aromatic heterocycles. The predicted octanol–water partition coefficient (Wildman–Crippen LogP) is 4.11. The Kier molecular flexibility index (Phi) is 6.73. The number of aliphatic hydroxyl groups is 1. The lowest BCUT2D eigenvalue weighted by Crippen LogP contribution is -2.42. The minimum absolute atomic E-state index is 0.00835. The van der Waals surface area contributed by atoms with Crippen molar-refractivity contribution in [3.8, 4) is 0 Å². The number of anilines is 1. The summed E-state index contributed by atoms with van der Waals surface area (Å²) >= 11 is 0. The number of rotatable bonds is 7. The number of benzene rings is 1. The molecule has 3 heterocycles. The van der Waals surface area contributed by atoms with E-state index >= 15 is 0 Å². The highest BCUT2D eigenvalue weighted by atomic mass is 16.5. The minimum Gasteiger partial charge on any atom is -0.503 e. The van der Waals surface area contributed by atoms with E-state index in [4.69, 9.17) is 4.74 Å². The molecule has 0 bridgehead atoms. The van der Waals surface area contributed by atoms with E-state index in [2.05, 4.69) is 29.4 Å². The van der Waals surface area contributed by atoms with Crippen LogP contribution in [-0.2, 0) is 9.53 Å². The van der Waals surface area contributed by atoms with Gasteiger partial charge in [0.25, 0.3) is 5.91 Å². The summed E-state index contributed by atoms with van der Waals surface area (Å²) in [5.41, 5.74) is 2.91. The molecule has 1 aromatic carbocycles. The van der Waals surface area contributed by atoms with E-state index in [9.17, 15) is 14.7 Å². The summed E-state index contributed by atoms with van der Waals surface area (Å²) in [7, 11) is 0. The lowest BCUT2D eigenvalue weighted by molar-refractivity contribution is -0.117. The molecule has 4 rings (SSSR count). The number of ketones is 1. The number of dihydropyridines is 1. The Morgan fingerprint density at radius 1 is 1.09 bits per heavy atom. The van der Waals surface area contributed by atoms with E-state index in [1.807, 2.05) is 32.1 Å². The van der Waals surface area contributed by atoms with Crippen molar-refractivity contribution in [2.45, 2.75) is 52.7 Å². The topological polar surface area (TPSA) is 105 Å². The molecule has 182 valence electrons. The molecule has 0 radical (unpaired) electrons. The van der Waals surface area contributed by atoms with E-state index < -0.39 is 23.5 Å². The van der Waals surface area contributed by atoms with Gasteiger partial charge < -0.3 is 15.2 Å². The molecule has 0 saturated heterocycles. The second-order valence-corrected chi connectivity index (χ2v) is 9.27. The first kappa shape index (κ1) is 24.2. The number of aromatic nitrogens is 2. The predicted molar refractivity (Wildman–Crippen MR) is 133 cm³/mol. The standard InChI is InChI=1S/C27H30N4O4/c1-15(2)18-7-9-19(10-8-18)25(32)23-24(20-11-13-22(28-14-20)35-16(3)4)31(27(34)26(23)33)21-12-6-17(5)29-30-21/h6-13,15-16,24,28,33H,14H2,1-5H3. The van der Waals surface area contributed by atoms with E-state index in [0.29, 0.717) is 35.2 Å². The largest absolute Gasteiger partial charge is 0.503 e. The van der Waals surface area contributed by atoms with Gasteiger partial charge in [0.15, 0.2) is 23.2 Å². The van der Waals surface area contributed by atoms with Crippen LogP contribution in [0.5, 0.6) is 0 Å². The zero-order valence-corrected chi connectivity index (χ0v) is 20.6. The van der Waals surface area contributed by atoms with Crippen LogP contribution >= 0.6 is 0 Å². The molecule has 1 unspecified atom stereocenters. The molecule has 0 spiro atoms. The SMILES string of the molecule is Cc1ccc(N2C(=O)C(O)=C(C(=O)c3ccc(C(C)C)cc3)C2C2=CC=C(OC(C)C)NC2)nn1. The van der Waals surface area contributed by atoms with Crippen molar-refractivity contribution in [3.63, 3.8) is 0 Å². The van der Waals surface area contributed by atoms with Gasteiger partial charge in [0.2, 0.25) is 0 Å². The van der Waals surface area contributed by atoms with Crippen molar-refractivity contribution in [3.05, 3.63) is 88.2 Å². The average molecular weight is 475 g/mol. The van der Waals surface area contributed by atoms with Crippen molar-refractivity contribution in [1.82, 2.24) is 15.5 Å². The molecule has 2 aliphatic heterocycles. The summed E-state index contributed by atoms with van der Waals surface area (Å²) < 4.78 is 5.72. The lowest BCUT2D eigenvalue weighted by atomic mass is 9.90. The molecule has 2 aromatic rings. The van der Waals surface area contributed by atoms with Crippen LogP contribution in [-0.4, -0.2) is 45.7 Å². The smallest absolute Gasteiger partial charge is 0.295 e. The Hall–Kier alpha value is -3.94. The Morgan fingerprint density at radius 3 is 2.34 bits per heavy atom. The summed E-state index contributed by atoms with van der Waals surface area (Å²) in [6, 6.07) is 9.79. The van der Waals surface area contributed by atoms with Crippen LogP contribution in [0.3, 0.4) is 0 Å². The van der Waals surface area contributed by atoms with Crippen molar-refractivity contribution in [1.29, 1.82) is 0 Å². The van der Waals surface area contributed by atoms with Gasteiger partial charge in [-0.2, -0.15) is 5.10 Å². The average Bonchev–Trinajstić information content (AvgIpc) is 3.10. The monoisotopic (exact) mass is 474 g/mol. The third-order valence-corrected chi connectivity index (χ3v) is 5.95. The van der Waals surface area contributed by atoms with Crippen molar-refractivity contribution < 1.29 is 19.4 Å². The van der Waals surface area contributed by atoms with Crippen molar-refractivity contribution in [2.75, 3.05) is 11.4 Å². The minimum atomic E-state index is -0.846. The van der Waals surface area contributed by atoms with Gasteiger partial charge in [0.1, 0.15) is 0 Å². The van der Waals surface area contributed by atoms with Gasteiger partial charge in [-0.05, 0) is 56.0 Å². The molecule has 0 aliphatic carbocycles. The van der Waals surface area contributed by atoms with Crippen LogP contribution in [0.2, 0.25) is 0 Å². The number of hydrogen-bond acceptors (Lipinski definition) is 7. The van der Waals surface area contributed by atoms with Gasteiger partial charge in [0.05, 0.1) is 23.4 Å². The summed E-state index contributed by atoms with van der Waals surface area (Å²) in [6.07, 6.45) is 3.57. The van der Waals surface area contributed by atoms with Crippen LogP contribution in [0.1, 0.15) is 55.2 Å². The number of allylic oxidation sites excluding steroid dienone is 2. The van der Waals surface area contributed by atoms with Crippen LogP contribution in [0.4, 0.5) is 5.82 Å². The normalized spacial score (nSPS) is 18.1. The molecule has 0 fully saturated rings. The first-order valence-electron chi connectivity index (χ1n) is 11.7. The van der Waals surface area contributed by atoms with E-state index in [0.717, 1.165) is 5.56 Å². The highest BCUT2D eigenvalue weighted by Crippen LogP contribution is 2.36. The highest BCUT2D eigenvalue weighted by molar-refractivity contribution is 6.21. The number of carbonyl (C=O) groups is 2. The first-order chi connectivity index (χ1) is 16.7. The molecule has 0 saturated carbocycles. The molecular weight excluding hydrogens is 444 g/mol. The van der Waals surface area contributed by atoms with E-state index in [-0.39, 0.29) is 17.5 Å². The van der Waals surface area contributed by atoms with Crippen LogP contribution in [0.25, 0.3) is 0 Å². The summed E-state index contributed by atoms with van der Waals surface area (Å²) in [5.74, 6) is -0.512. The number of aliphatic hydroxyl groups excluding tert-OH is 1. The zero-order valence-electron chi connectivity index (χ0n) is 20.6. The maximum Gasteiger partial charge on any atom is 0.295 e. The fourth-order valence-electron chi connectivity index (χ4n) is 4.13. The summed E-state index contributed by atoms with van der Waals surface area (Å²) in [5, 5.41) is 22.3. The number of amides is 1. The van der Waals surface area contributed by atoms with Crippen molar-refractivity contribution >= 4 is 17.5 Å². The van der Waals surface area contributed by atoms with Crippen LogP contribution in [0.15, 0.2) is 71.3 Å². The van der Waals surface area contributed by atoms with Gasteiger partial charge in [-0.3, -0.25) is 14.5 Å². The second-order valence-electron chi connectivity index (χ2n) is 9.27. The van der Waals surface area contributed by atoms with Gasteiger partial charge in [-0.25, -0.2) is 0 Å². The fraction of sp³-hybridized carbons (Fsp3) is 0.333. The van der Waals surface area contributed by atoms with E-state index in [1.54, 1.807) is 37.3 Å². The fourth-order valence-corrected chi connectivity index (χ4v) is 4.13. The van der Waals surface area contributed by atoms with Gasteiger partial charge >= 0.3 is 0 Å². The Morgan fingerprint density at radius 2 is 1.80 bits per heavy atom. The number of nitrogens with one attached hydrogen (secondary N) is 1. The lowest BCUT2D eigenvalue weighted by Gasteiger charge is -2.29. The number of carbonyl (C=O) groups excluding carboxylic acids is 2. The van der Waals surface area contributed by atoms with Gasteiger partial charge in [-0.1, -0.05) is 44.2 Å². The third kappa shape index (κ3) is 4.82. The number of aryl methyl sites for hydroxylation is 1. The maximum absolute atomic E-state index is 13.7. The Balaban J connectivity index is 1.78.